The van der Waals surface area contributed by atoms with E-state index >= 15 is 0 Å². The first-order valence-corrected chi connectivity index (χ1v) is 3.99. The molecule has 11 heavy (non-hydrogen) atoms. The molecule has 1 heterocycles. The Balaban J connectivity index is 2.93. The van der Waals surface area contributed by atoms with Crippen molar-refractivity contribution < 1.29 is 0 Å². The third kappa shape index (κ3) is 2.33. The summed E-state index contributed by atoms with van der Waals surface area (Å²) >= 11 is 11.4. The van der Waals surface area contributed by atoms with E-state index < -0.39 is 0 Å². The lowest BCUT2D eigenvalue weighted by Gasteiger charge is -2.00. The van der Waals surface area contributed by atoms with Crippen LogP contribution in [0.5, 0.6) is 0 Å². The number of rotatable bonds is 2. The zero-order chi connectivity index (χ0) is 8.27. The summed E-state index contributed by atoms with van der Waals surface area (Å²) in [7, 11) is 0. The third-order valence-corrected chi connectivity index (χ3v) is 1.84. The maximum absolute atomic E-state index is 5.75. The molecular formula is C7H8Cl2N2. The van der Waals surface area contributed by atoms with Gasteiger partial charge in [-0.05, 0) is 24.6 Å². The number of halogens is 2. The average Bonchev–Trinajstić information content (AvgIpc) is 1.98. The lowest BCUT2D eigenvalue weighted by atomic mass is 10.2. The fourth-order valence-electron chi connectivity index (χ4n) is 0.795. The van der Waals surface area contributed by atoms with E-state index in [4.69, 9.17) is 28.9 Å². The van der Waals surface area contributed by atoms with Crippen LogP contribution in [0.15, 0.2) is 12.3 Å². The van der Waals surface area contributed by atoms with Gasteiger partial charge in [0.25, 0.3) is 0 Å². The van der Waals surface area contributed by atoms with Gasteiger partial charge in [-0.3, -0.25) is 0 Å². The van der Waals surface area contributed by atoms with Crippen molar-refractivity contribution in [3.63, 3.8) is 0 Å². The van der Waals surface area contributed by atoms with Gasteiger partial charge in [0.15, 0.2) is 0 Å². The molecule has 1 aromatic rings. The Kier molecular flexibility index (Phi) is 3.12. The Bertz CT molecular complexity index is 250. The highest BCUT2D eigenvalue weighted by Crippen LogP contribution is 2.17. The number of pyridine rings is 1. The smallest absolute Gasteiger partial charge is 0.132 e. The molecule has 0 atom stereocenters. The molecule has 0 unspecified atom stereocenters. The summed E-state index contributed by atoms with van der Waals surface area (Å²) in [6.45, 7) is 0.557. The van der Waals surface area contributed by atoms with Crippen LogP contribution < -0.4 is 5.73 Å². The average molecular weight is 191 g/mol. The van der Waals surface area contributed by atoms with Crippen LogP contribution in [0, 0.1) is 0 Å². The van der Waals surface area contributed by atoms with Crippen LogP contribution >= 0.6 is 23.2 Å². The van der Waals surface area contributed by atoms with Crippen molar-refractivity contribution in [1.82, 2.24) is 4.98 Å². The number of hydrogen-bond acceptors (Lipinski definition) is 2. The standard InChI is InChI=1S/C7H8Cl2N2/c8-6-3-5(1-2-10)7(9)11-4-6/h3-4H,1-2,10H2. The van der Waals surface area contributed by atoms with E-state index in [0.717, 1.165) is 5.56 Å². The van der Waals surface area contributed by atoms with Crippen LogP contribution in [0.3, 0.4) is 0 Å². The van der Waals surface area contributed by atoms with Gasteiger partial charge >= 0.3 is 0 Å². The summed E-state index contributed by atoms with van der Waals surface area (Å²) in [6, 6.07) is 1.78. The fraction of sp³-hybridized carbons (Fsp3) is 0.286. The van der Waals surface area contributed by atoms with Gasteiger partial charge in [-0.25, -0.2) is 4.98 Å². The van der Waals surface area contributed by atoms with E-state index in [0.29, 0.717) is 23.1 Å². The highest BCUT2D eigenvalue weighted by molar-refractivity contribution is 6.32. The number of nitrogens with zero attached hydrogens (tertiary/aromatic N) is 1. The van der Waals surface area contributed by atoms with E-state index in [9.17, 15) is 0 Å². The third-order valence-electron chi connectivity index (χ3n) is 1.29. The molecule has 0 fully saturated rings. The molecule has 60 valence electrons. The molecule has 0 amide bonds. The van der Waals surface area contributed by atoms with Crippen molar-refractivity contribution >= 4 is 23.2 Å². The predicted octanol–water partition coefficient (Wildman–Crippen LogP) is 1.89. The summed E-state index contributed by atoms with van der Waals surface area (Å²) in [6.07, 6.45) is 2.23. The van der Waals surface area contributed by atoms with Gasteiger partial charge < -0.3 is 5.73 Å². The molecule has 1 aromatic heterocycles. The quantitative estimate of drug-likeness (QED) is 0.725. The Morgan fingerprint density at radius 3 is 2.82 bits per heavy atom. The zero-order valence-electron chi connectivity index (χ0n) is 5.85. The van der Waals surface area contributed by atoms with Gasteiger partial charge in [-0.15, -0.1) is 0 Å². The van der Waals surface area contributed by atoms with Gasteiger partial charge in [-0.1, -0.05) is 23.2 Å². The van der Waals surface area contributed by atoms with Gasteiger partial charge in [0.05, 0.1) is 5.02 Å². The predicted molar refractivity (Wildman–Crippen MR) is 47.0 cm³/mol. The lowest BCUT2D eigenvalue weighted by Crippen LogP contribution is -2.03. The van der Waals surface area contributed by atoms with Crippen LogP contribution in [0.25, 0.3) is 0 Å². The maximum atomic E-state index is 5.75. The molecule has 0 bridgehead atoms. The highest BCUT2D eigenvalue weighted by atomic mass is 35.5. The SMILES string of the molecule is NCCc1cc(Cl)cnc1Cl. The fourth-order valence-corrected chi connectivity index (χ4v) is 1.17. The molecule has 4 heteroatoms. The number of aromatic nitrogens is 1. The minimum atomic E-state index is 0.486. The van der Waals surface area contributed by atoms with Gasteiger partial charge in [-0.2, -0.15) is 0 Å². The molecule has 0 aliphatic heterocycles. The van der Waals surface area contributed by atoms with Gasteiger partial charge in [0, 0.05) is 6.20 Å². The normalized spacial score (nSPS) is 10.1. The molecule has 2 N–H and O–H groups in total. The first-order valence-electron chi connectivity index (χ1n) is 3.24. The molecule has 0 spiro atoms. The van der Waals surface area contributed by atoms with Gasteiger partial charge in [0.1, 0.15) is 5.15 Å². The van der Waals surface area contributed by atoms with E-state index in [-0.39, 0.29) is 0 Å². The molecule has 1 rings (SSSR count). The molecular weight excluding hydrogens is 183 g/mol. The molecule has 0 saturated carbocycles. The number of nitrogens with two attached hydrogens (primary N) is 1. The summed E-state index contributed by atoms with van der Waals surface area (Å²) in [5.74, 6) is 0. The summed E-state index contributed by atoms with van der Waals surface area (Å²) in [5, 5.41) is 1.08. The topological polar surface area (TPSA) is 38.9 Å². The monoisotopic (exact) mass is 190 g/mol. The minimum absolute atomic E-state index is 0.486. The van der Waals surface area contributed by atoms with E-state index in [1.165, 1.54) is 6.20 Å². The van der Waals surface area contributed by atoms with Crippen molar-refractivity contribution in [3.8, 4) is 0 Å². The van der Waals surface area contributed by atoms with Crippen LogP contribution in [-0.4, -0.2) is 11.5 Å². The molecule has 0 aliphatic carbocycles. The Morgan fingerprint density at radius 1 is 1.45 bits per heavy atom. The second kappa shape index (κ2) is 3.90. The summed E-state index contributed by atoms with van der Waals surface area (Å²) in [4.78, 5) is 3.88. The van der Waals surface area contributed by atoms with Crippen LogP contribution in [0.1, 0.15) is 5.56 Å². The molecule has 0 saturated heterocycles. The van der Waals surface area contributed by atoms with Crippen LogP contribution in [-0.2, 0) is 6.42 Å². The Morgan fingerprint density at radius 2 is 2.18 bits per heavy atom. The summed E-state index contributed by atoms with van der Waals surface area (Å²) in [5.41, 5.74) is 6.25. The molecule has 0 aliphatic rings. The second-order valence-electron chi connectivity index (χ2n) is 2.14. The zero-order valence-corrected chi connectivity index (χ0v) is 7.36. The van der Waals surface area contributed by atoms with E-state index in [1.54, 1.807) is 6.07 Å². The van der Waals surface area contributed by atoms with Crippen molar-refractivity contribution in [3.05, 3.63) is 28.0 Å². The molecule has 0 aromatic carbocycles. The largest absolute Gasteiger partial charge is 0.330 e. The van der Waals surface area contributed by atoms with Gasteiger partial charge in [0.2, 0.25) is 0 Å². The van der Waals surface area contributed by atoms with E-state index in [1.807, 2.05) is 0 Å². The minimum Gasteiger partial charge on any atom is -0.330 e. The molecule has 2 nitrogen and oxygen atoms in total. The van der Waals surface area contributed by atoms with Crippen molar-refractivity contribution in [2.24, 2.45) is 5.73 Å². The van der Waals surface area contributed by atoms with E-state index in [2.05, 4.69) is 4.98 Å². The highest BCUT2D eigenvalue weighted by Gasteiger charge is 2.00. The second-order valence-corrected chi connectivity index (χ2v) is 2.94. The van der Waals surface area contributed by atoms with Crippen molar-refractivity contribution in [1.29, 1.82) is 0 Å². The van der Waals surface area contributed by atoms with Crippen LogP contribution in [0.2, 0.25) is 10.2 Å². The van der Waals surface area contributed by atoms with Crippen molar-refractivity contribution in [2.75, 3.05) is 6.54 Å². The first kappa shape index (κ1) is 8.78. The Labute approximate surface area is 75.3 Å². The van der Waals surface area contributed by atoms with Crippen molar-refractivity contribution in [2.45, 2.75) is 6.42 Å². The van der Waals surface area contributed by atoms with Crippen LogP contribution in [0.4, 0.5) is 0 Å². The summed E-state index contributed by atoms with van der Waals surface area (Å²) < 4.78 is 0. The Hall–Kier alpha value is -0.310. The lowest BCUT2D eigenvalue weighted by molar-refractivity contribution is 0.959. The number of hydrogen-bond donors (Lipinski definition) is 1. The maximum Gasteiger partial charge on any atom is 0.132 e. The molecule has 0 radical (unpaired) electrons. The first-order chi connectivity index (χ1) is 5.24.